The summed E-state index contributed by atoms with van der Waals surface area (Å²) in [6.45, 7) is 7.71. The highest BCUT2D eigenvalue weighted by atomic mass is 32.1. The van der Waals surface area contributed by atoms with E-state index in [0.29, 0.717) is 0 Å². The van der Waals surface area contributed by atoms with E-state index in [2.05, 4.69) is 35.1 Å². The molecule has 23 heavy (non-hydrogen) atoms. The summed E-state index contributed by atoms with van der Waals surface area (Å²) in [6.07, 6.45) is 3.56. The Morgan fingerprint density at radius 3 is 2.57 bits per heavy atom. The van der Waals surface area contributed by atoms with Crippen LogP contribution in [0.3, 0.4) is 0 Å². The molecule has 0 radical (unpaired) electrons. The van der Waals surface area contributed by atoms with Crippen LogP contribution >= 0.6 is 11.3 Å². The average molecular weight is 326 g/mol. The molecule has 7 heteroatoms. The average Bonchev–Trinajstić information content (AvgIpc) is 3.06. The van der Waals surface area contributed by atoms with Gasteiger partial charge < -0.3 is 9.80 Å². The number of nitrogens with zero attached hydrogens (tertiary/aromatic N) is 6. The summed E-state index contributed by atoms with van der Waals surface area (Å²) in [6, 6.07) is 2.05. The van der Waals surface area contributed by atoms with Crippen LogP contribution in [-0.4, -0.2) is 46.1 Å². The van der Waals surface area contributed by atoms with Gasteiger partial charge in [-0.1, -0.05) is 0 Å². The summed E-state index contributed by atoms with van der Waals surface area (Å²) in [5, 5.41) is 2.07. The van der Waals surface area contributed by atoms with Crippen molar-refractivity contribution in [2.45, 2.75) is 13.8 Å². The van der Waals surface area contributed by atoms with Crippen molar-refractivity contribution in [3.8, 4) is 0 Å². The second-order valence-electron chi connectivity index (χ2n) is 5.74. The summed E-state index contributed by atoms with van der Waals surface area (Å²) >= 11 is 1.70. The lowest BCUT2D eigenvalue weighted by Crippen LogP contribution is -2.47. The molecule has 1 saturated heterocycles. The van der Waals surface area contributed by atoms with E-state index in [4.69, 9.17) is 0 Å². The zero-order valence-corrected chi connectivity index (χ0v) is 14.0. The molecule has 0 aromatic carbocycles. The fourth-order valence-electron chi connectivity index (χ4n) is 2.79. The molecule has 0 saturated carbocycles. The van der Waals surface area contributed by atoms with Gasteiger partial charge in [-0.05, 0) is 30.9 Å². The monoisotopic (exact) mass is 326 g/mol. The van der Waals surface area contributed by atoms with Crippen LogP contribution in [0, 0.1) is 13.8 Å². The van der Waals surface area contributed by atoms with Crippen LogP contribution in [-0.2, 0) is 0 Å². The zero-order valence-electron chi connectivity index (χ0n) is 13.2. The number of aromatic nitrogens is 4. The van der Waals surface area contributed by atoms with Gasteiger partial charge in [0, 0.05) is 38.1 Å². The minimum atomic E-state index is 0.830. The summed E-state index contributed by atoms with van der Waals surface area (Å²) in [4.78, 5) is 22.5. The van der Waals surface area contributed by atoms with Crippen molar-refractivity contribution >= 4 is 33.3 Å². The standard InChI is InChI=1S/C16H18N6S/c1-11-9-17-16(20-12(11)2)22-6-4-21(5-7-22)15-14-13(3-8-23-14)18-10-19-15/h3,8-10H,4-7H2,1-2H3. The Labute approximate surface area is 138 Å². The summed E-state index contributed by atoms with van der Waals surface area (Å²) in [7, 11) is 0. The van der Waals surface area contributed by atoms with E-state index in [0.717, 1.165) is 54.7 Å². The zero-order chi connectivity index (χ0) is 15.8. The highest BCUT2D eigenvalue weighted by molar-refractivity contribution is 7.17. The first-order valence-electron chi connectivity index (χ1n) is 7.71. The largest absolute Gasteiger partial charge is 0.352 e. The third-order valence-electron chi connectivity index (χ3n) is 4.30. The Balaban J connectivity index is 1.52. The first kappa shape index (κ1) is 14.3. The summed E-state index contributed by atoms with van der Waals surface area (Å²) in [5.41, 5.74) is 3.21. The van der Waals surface area contributed by atoms with Crippen LogP contribution in [0.2, 0.25) is 0 Å². The van der Waals surface area contributed by atoms with Gasteiger partial charge in [0.2, 0.25) is 5.95 Å². The molecule has 0 bridgehead atoms. The molecule has 6 nitrogen and oxygen atoms in total. The van der Waals surface area contributed by atoms with Crippen molar-refractivity contribution in [1.29, 1.82) is 0 Å². The van der Waals surface area contributed by atoms with Gasteiger partial charge in [-0.3, -0.25) is 0 Å². The van der Waals surface area contributed by atoms with Gasteiger partial charge in [0.15, 0.2) is 0 Å². The third kappa shape index (κ3) is 2.61. The predicted molar refractivity (Wildman–Crippen MR) is 93.3 cm³/mol. The number of rotatable bonds is 2. The van der Waals surface area contributed by atoms with Crippen molar-refractivity contribution in [2.24, 2.45) is 0 Å². The molecule has 0 spiro atoms. The molecule has 0 unspecified atom stereocenters. The normalized spacial score (nSPS) is 15.4. The molecule has 0 N–H and O–H groups in total. The Bertz CT molecular complexity index is 837. The highest BCUT2D eigenvalue weighted by Gasteiger charge is 2.22. The smallest absolute Gasteiger partial charge is 0.225 e. The van der Waals surface area contributed by atoms with E-state index in [1.54, 1.807) is 17.7 Å². The maximum absolute atomic E-state index is 4.61. The van der Waals surface area contributed by atoms with Crippen molar-refractivity contribution < 1.29 is 0 Å². The number of anilines is 2. The molecule has 1 aliphatic heterocycles. The fraction of sp³-hybridized carbons (Fsp3) is 0.375. The molecule has 0 atom stereocenters. The van der Waals surface area contributed by atoms with E-state index in [-0.39, 0.29) is 0 Å². The van der Waals surface area contributed by atoms with E-state index >= 15 is 0 Å². The molecule has 3 aromatic rings. The number of fused-ring (bicyclic) bond motifs is 1. The Hall–Kier alpha value is -2.28. The van der Waals surface area contributed by atoms with E-state index in [1.807, 2.05) is 26.1 Å². The number of aryl methyl sites for hydroxylation is 2. The lowest BCUT2D eigenvalue weighted by atomic mass is 10.3. The number of hydrogen-bond donors (Lipinski definition) is 0. The molecule has 4 rings (SSSR count). The van der Waals surface area contributed by atoms with Gasteiger partial charge in [0.1, 0.15) is 12.1 Å². The maximum atomic E-state index is 4.61. The predicted octanol–water partition coefficient (Wildman–Crippen LogP) is 2.42. The molecule has 1 fully saturated rings. The van der Waals surface area contributed by atoms with Crippen LogP contribution in [0.5, 0.6) is 0 Å². The van der Waals surface area contributed by atoms with Crippen LogP contribution in [0.1, 0.15) is 11.3 Å². The van der Waals surface area contributed by atoms with E-state index in [9.17, 15) is 0 Å². The molecule has 3 aromatic heterocycles. The Kier molecular flexibility index (Phi) is 3.57. The molecule has 0 aliphatic carbocycles. The van der Waals surface area contributed by atoms with Crippen molar-refractivity contribution in [1.82, 2.24) is 19.9 Å². The number of piperazine rings is 1. The molecule has 118 valence electrons. The SMILES string of the molecule is Cc1cnc(N2CCN(c3ncnc4ccsc34)CC2)nc1C. The lowest BCUT2D eigenvalue weighted by Gasteiger charge is -2.35. The van der Waals surface area contributed by atoms with E-state index < -0.39 is 0 Å². The third-order valence-corrected chi connectivity index (χ3v) is 5.20. The van der Waals surface area contributed by atoms with Gasteiger partial charge >= 0.3 is 0 Å². The second-order valence-corrected chi connectivity index (χ2v) is 6.66. The highest BCUT2D eigenvalue weighted by Crippen LogP contribution is 2.28. The van der Waals surface area contributed by atoms with Crippen molar-refractivity contribution in [3.63, 3.8) is 0 Å². The number of thiophene rings is 1. The van der Waals surface area contributed by atoms with Gasteiger partial charge in [-0.15, -0.1) is 11.3 Å². The maximum Gasteiger partial charge on any atom is 0.225 e. The van der Waals surface area contributed by atoms with Crippen LogP contribution in [0.25, 0.3) is 10.2 Å². The minimum absolute atomic E-state index is 0.830. The molecular weight excluding hydrogens is 308 g/mol. The molecular formula is C16H18N6S. The first-order chi connectivity index (χ1) is 11.2. The Morgan fingerprint density at radius 2 is 1.78 bits per heavy atom. The van der Waals surface area contributed by atoms with Crippen LogP contribution in [0.15, 0.2) is 24.0 Å². The molecule has 4 heterocycles. The quantitative estimate of drug-likeness (QED) is 0.721. The van der Waals surface area contributed by atoms with Crippen LogP contribution in [0.4, 0.5) is 11.8 Å². The van der Waals surface area contributed by atoms with Crippen molar-refractivity contribution in [3.05, 3.63) is 35.2 Å². The first-order valence-corrected chi connectivity index (χ1v) is 8.58. The van der Waals surface area contributed by atoms with Gasteiger partial charge in [-0.2, -0.15) is 0 Å². The second kappa shape index (κ2) is 5.73. The van der Waals surface area contributed by atoms with Gasteiger partial charge in [-0.25, -0.2) is 19.9 Å². The number of hydrogen-bond acceptors (Lipinski definition) is 7. The molecule has 0 amide bonds. The summed E-state index contributed by atoms with van der Waals surface area (Å²) < 4.78 is 1.17. The molecule has 1 aliphatic rings. The fourth-order valence-corrected chi connectivity index (χ4v) is 3.65. The van der Waals surface area contributed by atoms with Gasteiger partial charge in [0.05, 0.1) is 10.2 Å². The minimum Gasteiger partial charge on any atom is -0.352 e. The van der Waals surface area contributed by atoms with E-state index in [1.165, 1.54) is 4.70 Å². The topological polar surface area (TPSA) is 58.0 Å². The lowest BCUT2D eigenvalue weighted by molar-refractivity contribution is 0.635. The Morgan fingerprint density at radius 1 is 1.00 bits per heavy atom. The van der Waals surface area contributed by atoms with Gasteiger partial charge in [0.25, 0.3) is 0 Å². The van der Waals surface area contributed by atoms with Crippen molar-refractivity contribution in [2.75, 3.05) is 36.0 Å². The van der Waals surface area contributed by atoms with Crippen LogP contribution < -0.4 is 9.80 Å². The summed E-state index contributed by atoms with van der Waals surface area (Å²) in [5.74, 6) is 1.88.